The van der Waals surface area contributed by atoms with Crippen molar-refractivity contribution in [1.29, 1.82) is 0 Å². The van der Waals surface area contributed by atoms with Gasteiger partial charge in [0.25, 0.3) is 0 Å². The topological polar surface area (TPSA) is 118 Å². The zero-order chi connectivity index (χ0) is 20.1. The number of halogens is 2. The highest BCUT2D eigenvalue weighted by Crippen LogP contribution is 2.27. The third-order valence-corrected chi connectivity index (χ3v) is 4.14. The van der Waals surface area contributed by atoms with Crippen LogP contribution in [0.4, 0.5) is 19.6 Å². The number of carbonyl (C=O) groups is 2. The molecule has 0 atom stereocenters. The molecule has 0 aliphatic heterocycles. The normalized spacial score (nSPS) is 10.1. The lowest BCUT2D eigenvalue weighted by atomic mass is 10.2. The summed E-state index contributed by atoms with van der Waals surface area (Å²) in [6.45, 7) is 0. The molecule has 0 aliphatic rings. The van der Waals surface area contributed by atoms with Crippen molar-refractivity contribution in [2.75, 3.05) is 25.7 Å². The first-order chi connectivity index (χ1) is 12.8. The first-order valence-corrected chi connectivity index (χ1v) is 8.15. The molecule has 10 heteroatoms. The van der Waals surface area contributed by atoms with Crippen LogP contribution in [0, 0.1) is 11.6 Å². The largest absolute Gasteiger partial charge is 0.465 e. The number of benzene rings is 2. The summed E-state index contributed by atoms with van der Waals surface area (Å²) in [5.74, 6) is -2.34. The number of nitrogens with two attached hydrogens (primary N) is 2. The molecule has 7 nitrogen and oxygen atoms in total. The van der Waals surface area contributed by atoms with Crippen LogP contribution >= 0.6 is 11.3 Å². The second-order valence-electron chi connectivity index (χ2n) is 5.08. The smallest absolute Gasteiger partial charge is 0.338 e. The monoisotopic (exact) mass is 395 g/mol. The molecule has 0 saturated heterocycles. The zero-order valence-electron chi connectivity index (χ0n) is 14.3. The van der Waals surface area contributed by atoms with Crippen molar-refractivity contribution in [2.45, 2.75) is 0 Å². The number of rotatable bonds is 2. The minimum atomic E-state index is -0.613. The van der Waals surface area contributed by atoms with Gasteiger partial charge in [-0.1, -0.05) is 11.3 Å². The predicted molar refractivity (Wildman–Crippen MR) is 97.5 cm³/mol. The second kappa shape index (κ2) is 8.41. The fraction of sp³-hybridized carbons (Fsp3) is 0.118. The van der Waals surface area contributed by atoms with E-state index in [1.165, 1.54) is 32.4 Å². The first kappa shape index (κ1) is 20.0. The summed E-state index contributed by atoms with van der Waals surface area (Å²) in [7, 11) is 2.47. The van der Waals surface area contributed by atoms with E-state index in [2.05, 4.69) is 14.5 Å². The number of carbonyl (C=O) groups excluding carboxylic acids is 2. The highest BCUT2D eigenvalue weighted by atomic mass is 32.1. The van der Waals surface area contributed by atoms with Crippen molar-refractivity contribution >= 4 is 44.3 Å². The Hall–Kier alpha value is -3.27. The molecule has 4 N–H and O–H groups in total. The van der Waals surface area contributed by atoms with E-state index < -0.39 is 23.6 Å². The predicted octanol–water partition coefficient (Wildman–Crippen LogP) is 3.00. The summed E-state index contributed by atoms with van der Waals surface area (Å²) in [5, 5.41) is 0.269. The standard InChI is InChI=1S/C9H7FN2O2S.C8H8FNO2/c1-14-8(13)4-2-5(10)7-6(3-4)15-9(11)12-7;1-12-8(11)5-2-3-7(10)6(9)4-5/h2-3H,1H3,(H2,11,12);2-4H,10H2,1H3. The summed E-state index contributed by atoms with van der Waals surface area (Å²) in [6, 6.07) is 6.37. The number of aromatic nitrogens is 1. The molecule has 0 saturated carbocycles. The van der Waals surface area contributed by atoms with E-state index in [0.29, 0.717) is 4.70 Å². The van der Waals surface area contributed by atoms with Crippen LogP contribution in [-0.4, -0.2) is 31.1 Å². The van der Waals surface area contributed by atoms with E-state index in [4.69, 9.17) is 11.5 Å². The Labute approximate surface area is 156 Å². The Kier molecular flexibility index (Phi) is 6.24. The Balaban J connectivity index is 0.000000199. The van der Waals surface area contributed by atoms with Gasteiger partial charge in [-0.25, -0.2) is 23.4 Å². The van der Waals surface area contributed by atoms with Crippen molar-refractivity contribution in [1.82, 2.24) is 4.98 Å². The molecular formula is C17H15F2N3O4S. The highest BCUT2D eigenvalue weighted by Gasteiger charge is 2.13. The average Bonchev–Trinajstić information content (AvgIpc) is 3.04. The zero-order valence-corrected chi connectivity index (χ0v) is 15.1. The molecule has 1 aromatic heterocycles. The van der Waals surface area contributed by atoms with Gasteiger partial charge in [0.05, 0.1) is 35.7 Å². The minimum absolute atomic E-state index is 0.0163. The minimum Gasteiger partial charge on any atom is -0.465 e. The van der Waals surface area contributed by atoms with Gasteiger partial charge >= 0.3 is 11.9 Å². The summed E-state index contributed by atoms with van der Waals surface area (Å²) in [6.07, 6.45) is 0. The molecule has 3 rings (SSSR count). The van der Waals surface area contributed by atoms with Gasteiger partial charge in [-0.05, 0) is 30.3 Å². The summed E-state index contributed by atoms with van der Waals surface area (Å²) >= 11 is 1.13. The van der Waals surface area contributed by atoms with Gasteiger partial charge in [-0.15, -0.1) is 0 Å². The number of fused-ring (bicyclic) bond motifs is 1. The van der Waals surface area contributed by atoms with Crippen LogP contribution in [0.25, 0.3) is 10.2 Å². The molecule has 27 heavy (non-hydrogen) atoms. The number of nitrogens with zero attached hydrogens (tertiary/aromatic N) is 1. The number of esters is 2. The third-order valence-electron chi connectivity index (χ3n) is 3.31. The highest BCUT2D eigenvalue weighted by molar-refractivity contribution is 7.22. The van der Waals surface area contributed by atoms with E-state index in [1.807, 2.05) is 0 Å². The lowest BCUT2D eigenvalue weighted by Gasteiger charge is -2.00. The molecule has 0 unspecified atom stereocenters. The van der Waals surface area contributed by atoms with Crippen LogP contribution in [0.2, 0.25) is 0 Å². The Morgan fingerprint density at radius 1 is 0.963 bits per heavy atom. The number of ether oxygens (including phenoxy) is 2. The van der Waals surface area contributed by atoms with E-state index in [0.717, 1.165) is 23.5 Å². The van der Waals surface area contributed by atoms with E-state index in [9.17, 15) is 18.4 Å². The lowest BCUT2D eigenvalue weighted by Crippen LogP contribution is -2.02. The summed E-state index contributed by atoms with van der Waals surface area (Å²) in [5.41, 5.74) is 11.2. The SMILES string of the molecule is COC(=O)c1cc(F)c2nc(N)sc2c1.COC(=O)c1ccc(N)c(F)c1. The average molecular weight is 395 g/mol. The van der Waals surface area contributed by atoms with Gasteiger partial charge in [0.2, 0.25) is 0 Å². The number of nitrogen functional groups attached to an aromatic ring is 2. The molecule has 0 spiro atoms. The van der Waals surface area contributed by atoms with Crippen LogP contribution in [-0.2, 0) is 9.47 Å². The lowest BCUT2D eigenvalue weighted by molar-refractivity contribution is 0.0591. The number of hydrogen-bond donors (Lipinski definition) is 2. The van der Waals surface area contributed by atoms with Crippen LogP contribution in [0.3, 0.4) is 0 Å². The molecule has 0 aliphatic carbocycles. The van der Waals surface area contributed by atoms with E-state index >= 15 is 0 Å². The number of anilines is 2. The fourth-order valence-electron chi connectivity index (χ4n) is 2.01. The molecule has 1 heterocycles. The van der Waals surface area contributed by atoms with Gasteiger partial charge in [-0.2, -0.15) is 0 Å². The number of hydrogen-bond acceptors (Lipinski definition) is 8. The molecule has 0 amide bonds. The maximum Gasteiger partial charge on any atom is 0.338 e. The summed E-state index contributed by atoms with van der Waals surface area (Å²) < 4.78 is 35.6. The number of thiazole rings is 1. The summed E-state index contributed by atoms with van der Waals surface area (Å²) in [4.78, 5) is 25.8. The van der Waals surface area contributed by atoms with Crippen LogP contribution in [0.5, 0.6) is 0 Å². The molecule has 0 radical (unpaired) electrons. The maximum absolute atomic E-state index is 13.4. The van der Waals surface area contributed by atoms with Crippen molar-refractivity contribution in [3.63, 3.8) is 0 Å². The molecule has 0 fully saturated rings. The second-order valence-corrected chi connectivity index (χ2v) is 6.14. The van der Waals surface area contributed by atoms with Gasteiger partial charge in [0.15, 0.2) is 10.9 Å². The molecule has 3 aromatic rings. The van der Waals surface area contributed by atoms with Crippen LogP contribution in [0.15, 0.2) is 30.3 Å². The Morgan fingerprint density at radius 3 is 2.15 bits per heavy atom. The van der Waals surface area contributed by atoms with Crippen molar-refractivity contribution < 1.29 is 27.8 Å². The van der Waals surface area contributed by atoms with Crippen molar-refractivity contribution in [3.05, 3.63) is 53.1 Å². The van der Waals surface area contributed by atoms with Crippen LogP contribution < -0.4 is 11.5 Å². The van der Waals surface area contributed by atoms with Gasteiger partial charge in [-0.3, -0.25) is 0 Å². The van der Waals surface area contributed by atoms with Gasteiger partial charge in [0.1, 0.15) is 11.3 Å². The molecule has 142 valence electrons. The number of methoxy groups -OCH3 is 2. The maximum atomic E-state index is 13.4. The van der Waals surface area contributed by atoms with Crippen molar-refractivity contribution in [3.8, 4) is 0 Å². The van der Waals surface area contributed by atoms with Crippen LogP contribution in [0.1, 0.15) is 20.7 Å². The van der Waals surface area contributed by atoms with Crippen molar-refractivity contribution in [2.24, 2.45) is 0 Å². The fourth-order valence-corrected chi connectivity index (χ4v) is 2.80. The van der Waals surface area contributed by atoms with E-state index in [-0.39, 0.29) is 27.5 Å². The third kappa shape index (κ3) is 4.67. The first-order valence-electron chi connectivity index (χ1n) is 7.34. The molecule has 0 bridgehead atoms. The van der Waals surface area contributed by atoms with Gasteiger partial charge < -0.3 is 20.9 Å². The van der Waals surface area contributed by atoms with E-state index in [1.54, 1.807) is 0 Å². The molecular weight excluding hydrogens is 380 g/mol. The van der Waals surface area contributed by atoms with Gasteiger partial charge in [0, 0.05) is 0 Å². The Morgan fingerprint density at radius 2 is 1.56 bits per heavy atom. The molecule has 2 aromatic carbocycles. The Bertz CT molecular complexity index is 1010. The quantitative estimate of drug-likeness (QED) is 0.506.